The Morgan fingerprint density at radius 2 is 2.10 bits per heavy atom. The van der Waals surface area contributed by atoms with Crippen molar-refractivity contribution in [3.63, 3.8) is 0 Å². The van der Waals surface area contributed by atoms with Gasteiger partial charge in [0.05, 0.1) is 0 Å². The Hall–Kier alpha value is -2.12. The van der Waals surface area contributed by atoms with Crippen LogP contribution in [0.1, 0.15) is 18.4 Å². The van der Waals surface area contributed by atoms with Gasteiger partial charge in [0.15, 0.2) is 6.10 Å². The number of ether oxygens (including phenoxy) is 1. The van der Waals surface area contributed by atoms with Gasteiger partial charge in [-0.1, -0.05) is 12.1 Å². The van der Waals surface area contributed by atoms with E-state index in [0.29, 0.717) is 0 Å². The Kier molecular flexibility index (Phi) is 4.54. The van der Waals surface area contributed by atoms with Gasteiger partial charge in [0, 0.05) is 19.2 Å². The van der Waals surface area contributed by atoms with E-state index in [9.17, 15) is 9.59 Å². The molecule has 2 atom stereocenters. The number of aryl methyl sites for hydroxylation is 1. The van der Waals surface area contributed by atoms with Crippen LogP contribution in [0.5, 0.6) is 0 Å². The van der Waals surface area contributed by atoms with Crippen molar-refractivity contribution in [2.45, 2.75) is 31.4 Å². The number of aldehydes is 1. The lowest BCUT2D eigenvalue weighted by Gasteiger charge is -2.43. The number of methoxy groups -OCH3 is 1. The molecule has 1 saturated heterocycles. The van der Waals surface area contributed by atoms with Crippen molar-refractivity contribution in [3.8, 4) is 12.3 Å². The molecule has 0 saturated carbocycles. The molecule has 0 unspecified atom stereocenters. The molecule has 1 aromatic rings. The van der Waals surface area contributed by atoms with Crippen molar-refractivity contribution in [1.82, 2.24) is 0 Å². The maximum atomic E-state index is 11.9. The van der Waals surface area contributed by atoms with Crippen molar-refractivity contribution in [1.29, 1.82) is 0 Å². The van der Waals surface area contributed by atoms with E-state index in [1.165, 1.54) is 17.6 Å². The van der Waals surface area contributed by atoms with Crippen molar-refractivity contribution in [3.05, 3.63) is 29.8 Å². The first-order valence-electron chi connectivity index (χ1n) is 6.56. The topological polar surface area (TPSA) is 46.6 Å². The highest BCUT2D eigenvalue weighted by Gasteiger charge is 2.48. The van der Waals surface area contributed by atoms with Gasteiger partial charge in [0.2, 0.25) is 0 Å². The number of rotatable bonds is 6. The van der Waals surface area contributed by atoms with Crippen LogP contribution in [0.25, 0.3) is 0 Å². The number of terminal acetylenes is 1. The lowest BCUT2D eigenvalue weighted by molar-refractivity contribution is -0.142. The number of amides is 1. The van der Waals surface area contributed by atoms with E-state index in [-0.39, 0.29) is 5.91 Å². The molecule has 1 fully saturated rings. The standard InChI is InChI=1S/C16H17NO3/c1-3-4-5-6-12-7-9-13(10-8-12)17-14(11-18)15(20-2)16(17)19/h1,7-11,14-15H,4-6H2,2H3/t14-,15+/m0/s1. The second-order valence-electron chi connectivity index (χ2n) is 4.72. The minimum atomic E-state index is -0.650. The molecule has 1 amide bonds. The quantitative estimate of drug-likeness (QED) is 0.341. The summed E-state index contributed by atoms with van der Waals surface area (Å²) in [6.45, 7) is 0. The van der Waals surface area contributed by atoms with E-state index in [1.54, 1.807) is 0 Å². The fraction of sp³-hybridized carbons (Fsp3) is 0.375. The minimum Gasteiger partial charge on any atom is -0.369 e. The molecule has 20 heavy (non-hydrogen) atoms. The molecule has 0 aliphatic carbocycles. The van der Waals surface area contributed by atoms with Gasteiger partial charge in [0.1, 0.15) is 12.3 Å². The Labute approximate surface area is 118 Å². The fourth-order valence-corrected chi connectivity index (χ4v) is 2.37. The molecule has 1 aliphatic heterocycles. The maximum absolute atomic E-state index is 11.9. The summed E-state index contributed by atoms with van der Waals surface area (Å²) in [4.78, 5) is 24.4. The normalized spacial score (nSPS) is 21.2. The van der Waals surface area contributed by atoms with Gasteiger partial charge < -0.3 is 9.53 Å². The van der Waals surface area contributed by atoms with Crippen LogP contribution in [0, 0.1) is 12.3 Å². The maximum Gasteiger partial charge on any atom is 0.259 e. The first-order valence-corrected chi connectivity index (χ1v) is 6.56. The van der Waals surface area contributed by atoms with Crippen molar-refractivity contribution >= 4 is 17.9 Å². The third-order valence-corrected chi connectivity index (χ3v) is 3.48. The minimum absolute atomic E-state index is 0.176. The summed E-state index contributed by atoms with van der Waals surface area (Å²) in [5.41, 5.74) is 1.89. The average molecular weight is 271 g/mol. The zero-order valence-corrected chi connectivity index (χ0v) is 11.4. The predicted octanol–water partition coefficient (Wildman–Crippen LogP) is 1.57. The van der Waals surface area contributed by atoms with Crippen molar-refractivity contribution in [2.24, 2.45) is 0 Å². The summed E-state index contributed by atoms with van der Waals surface area (Å²) >= 11 is 0. The van der Waals surface area contributed by atoms with Crippen LogP contribution in [0.3, 0.4) is 0 Å². The Morgan fingerprint density at radius 1 is 1.40 bits per heavy atom. The van der Waals surface area contributed by atoms with Crippen LogP contribution in [-0.2, 0) is 20.7 Å². The first-order chi connectivity index (χ1) is 9.72. The highest BCUT2D eigenvalue weighted by Crippen LogP contribution is 2.29. The number of unbranched alkanes of at least 4 members (excludes halogenated alkanes) is 1. The van der Waals surface area contributed by atoms with Crippen molar-refractivity contribution in [2.75, 3.05) is 12.0 Å². The van der Waals surface area contributed by atoms with Crippen LogP contribution < -0.4 is 4.90 Å². The smallest absolute Gasteiger partial charge is 0.259 e. The van der Waals surface area contributed by atoms with E-state index >= 15 is 0 Å². The predicted molar refractivity (Wildman–Crippen MR) is 76.3 cm³/mol. The highest BCUT2D eigenvalue weighted by atomic mass is 16.5. The number of hydrogen-bond donors (Lipinski definition) is 0. The number of benzene rings is 1. The Balaban J connectivity index is 2.05. The molecule has 1 aliphatic rings. The van der Waals surface area contributed by atoms with Gasteiger partial charge >= 0.3 is 0 Å². The number of anilines is 1. The zero-order chi connectivity index (χ0) is 14.5. The molecular weight excluding hydrogens is 254 g/mol. The average Bonchev–Trinajstić information content (AvgIpc) is 2.47. The molecule has 1 aromatic carbocycles. The third kappa shape index (κ3) is 2.59. The molecule has 104 valence electrons. The van der Waals surface area contributed by atoms with Crippen LogP contribution in [0.4, 0.5) is 5.69 Å². The number of nitrogens with zero attached hydrogens (tertiary/aromatic N) is 1. The summed E-state index contributed by atoms with van der Waals surface area (Å²) in [5, 5.41) is 0. The second-order valence-corrected chi connectivity index (χ2v) is 4.72. The monoisotopic (exact) mass is 271 g/mol. The van der Waals surface area contributed by atoms with Gasteiger partial charge in [0.25, 0.3) is 5.91 Å². The summed E-state index contributed by atoms with van der Waals surface area (Å²) in [7, 11) is 1.44. The fourth-order valence-electron chi connectivity index (χ4n) is 2.37. The zero-order valence-electron chi connectivity index (χ0n) is 11.4. The lowest BCUT2D eigenvalue weighted by atomic mass is 9.97. The molecule has 0 radical (unpaired) electrons. The van der Waals surface area contributed by atoms with Crippen LogP contribution in [-0.4, -0.2) is 31.4 Å². The lowest BCUT2D eigenvalue weighted by Crippen LogP contribution is -2.66. The van der Waals surface area contributed by atoms with Crippen LogP contribution in [0.2, 0.25) is 0 Å². The summed E-state index contributed by atoms with van der Waals surface area (Å²) in [6, 6.07) is 7.10. The Bertz CT molecular complexity index is 530. The Morgan fingerprint density at radius 3 is 2.65 bits per heavy atom. The van der Waals surface area contributed by atoms with E-state index in [1.807, 2.05) is 24.3 Å². The third-order valence-electron chi connectivity index (χ3n) is 3.48. The summed E-state index contributed by atoms with van der Waals surface area (Å²) in [5.74, 6) is 2.43. The molecule has 0 spiro atoms. The molecule has 0 aromatic heterocycles. The van der Waals surface area contributed by atoms with Gasteiger partial charge in [-0.05, 0) is 30.5 Å². The second kappa shape index (κ2) is 6.36. The van der Waals surface area contributed by atoms with Gasteiger partial charge in [-0.3, -0.25) is 9.69 Å². The first kappa shape index (κ1) is 14.3. The summed E-state index contributed by atoms with van der Waals surface area (Å²) < 4.78 is 5.00. The van der Waals surface area contributed by atoms with E-state index < -0.39 is 12.1 Å². The number of carbonyl (C=O) groups excluding carboxylic acids is 2. The number of carbonyl (C=O) groups is 2. The van der Waals surface area contributed by atoms with Crippen LogP contribution >= 0.6 is 0 Å². The van der Waals surface area contributed by atoms with E-state index in [2.05, 4.69) is 5.92 Å². The van der Waals surface area contributed by atoms with E-state index in [0.717, 1.165) is 31.2 Å². The van der Waals surface area contributed by atoms with Gasteiger partial charge in [-0.25, -0.2) is 0 Å². The molecule has 2 rings (SSSR count). The molecule has 1 heterocycles. The summed E-state index contributed by atoms with van der Waals surface area (Å²) in [6.07, 6.45) is 7.93. The van der Waals surface area contributed by atoms with Gasteiger partial charge in [-0.2, -0.15) is 0 Å². The van der Waals surface area contributed by atoms with Crippen molar-refractivity contribution < 1.29 is 14.3 Å². The highest BCUT2D eigenvalue weighted by molar-refractivity contribution is 6.10. The van der Waals surface area contributed by atoms with Gasteiger partial charge in [-0.15, -0.1) is 12.3 Å². The number of β-lactam (4-membered cyclic amide) rings is 1. The largest absolute Gasteiger partial charge is 0.369 e. The molecular formula is C16H17NO3. The molecule has 0 bridgehead atoms. The van der Waals surface area contributed by atoms with Crippen LogP contribution in [0.15, 0.2) is 24.3 Å². The number of hydrogen-bond acceptors (Lipinski definition) is 3. The van der Waals surface area contributed by atoms with E-state index in [4.69, 9.17) is 11.2 Å². The molecule has 4 nitrogen and oxygen atoms in total. The SMILES string of the molecule is C#CCCCc1ccc(N2C(=O)[C@H](OC)[C@@H]2C=O)cc1. The molecule has 0 N–H and O–H groups in total. The molecule has 4 heteroatoms.